The molecule has 5 N–H and O–H groups in total. The highest BCUT2D eigenvalue weighted by Crippen LogP contribution is 2.68. The summed E-state index contributed by atoms with van der Waals surface area (Å²) in [5.74, 6) is -0.649. The molecule has 5 aliphatic rings. The van der Waals surface area contributed by atoms with Gasteiger partial charge in [0.25, 0.3) is 0 Å². The fourth-order valence-electron chi connectivity index (χ4n) is 9.11. The Bertz CT molecular complexity index is 971. The highest BCUT2D eigenvalue weighted by atomic mass is 16.8. The third-order valence-electron chi connectivity index (χ3n) is 11.0. The van der Waals surface area contributed by atoms with E-state index in [1.54, 1.807) is 7.11 Å². The van der Waals surface area contributed by atoms with Gasteiger partial charge in [0.2, 0.25) is 5.78 Å². The fourth-order valence-corrected chi connectivity index (χ4v) is 9.11. The number of aliphatic hydroxyl groups is 5. The van der Waals surface area contributed by atoms with Gasteiger partial charge >= 0.3 is 0 Å². The summed E-state index contributed by atoms with van der Waals surface area (Å²) in [6, 6.07) is 0. The molecule has 0 unspecified atom stereocenters. The maximum Gasteiger partial charge on any atom is 0.203 e. The zero-order valence-corrected chi connectivity index (χ0v) is 23.5. The summed E-state index contributed by atoms with van der Waals surface area (Å²) in [5.41, 5.74) is -1.52. The Kier molecular flexibility index (Phi) is 7.74. The topological polar surface area (TPSA) is 164 Å². The van der Waals surface area contributed by atoms with Crippen LogP contribution in [0.4, 0.5) is 0 Å². The van der Waals surface area contributed by atoms with Crippen molar-refractivity contribution in [2.24, 2.45) is 40.4 Å². The molecule has 5 rings (SSSR count). The normalized spacial score (nSPS) is 55.4. The van der Waals surface area contributed by atoms with Gasteiger partial charge in [0.15, 0.2) is 18.3 Å². The zero-order valence-electron chi connectivity index (χ0n) is 23.5. The van der Waals surface area contributed by atoms with E-state index in [9.17, 15) is 30.3 Å². The van der Waals surface area contributed by atoms with E-state index in [2.05, 4.69) is 6.92 Å². The van der Waals surface area contributed by atoms with E-state index >= 15 is 0 Å². The summed E-state index contributed by atoms with van der Waals surface area (Å²) in [4.78, 5) is 14.0. The van der Waals surface area contributed by atoms with E-state index < -0.39 is 78.7 Å². The number of carbonyl (C=O) groups excluding carboxylic acids is 1. The second-order valence-corrected chi connectivity index (χ2v) is 12.7. The molecule has 11 heteroatoms. The van der Waals surface area contributed by atoms with Crippen molar-refractivity contribution in [3.05, 3.63) is 11.8 Å². The molecule has 4 fully saturated rings. The Labute approximate surface area is 229 Å². The summed E-state index contributed by atoms with van der Waals surface area (Å²) in [7, 11) is 3.07. The molecule has 0 radical (unpaired) electrons. The van der Waals surface area contributed by atoms with Gasteiger partial charge in [-0.15, -0.1) is 0 Å². The number of ether oxygens (including phenoxy) is 5. The molecule has 222 valence electrons. The molecule has 0 amide bonds. The first-order valence-corrected chi connectivity index (χ1v) is 14.0. The summed E-state index contributed by atoms with van der Waals surface area (Å²) in [5, 5.41) is 52.4. The Morgan fingerprint density at radius 2 is 1.67 bits per heavy atom. The van der Waals surface area contributed by atoms with Gasteiger partial charge in [-0.2, -0.15) is 0 Å². The molecule has 0 aromatic carbocycles. The van der Waals surface area contributed by atoms with Crippen molar-refractivity contribution in [2.45, 2.75) is 95.8 Å². The third-order valence-corrected chi connectivity index (χ3v) is 11.0. The smallest absolute Gasteiger partial charge is 0.203 e. The number of allylic oxidation sites excluding steroid dienone is 2. The van der Waals surface area contributed by atoms with Crippen LogP contribution in [0, 0.1) is 40.4 Å². The minimum Gasteiger partial charge on any atom is -0.493 e. The van der Waals surface area contributed by atoms with Gasteiger partial charge in [0.05, 0.1) is 32.0 Å². The van der Waals surface area contributed by atoms with Crippen molar-refractivity contribution >= 4 is 5.78 Å². The number of carbonyl (C=O) groups is 1. The SMILES string of the molecule is COC1=C[C@@H](C)[C@@H]2C[C@H]3O[C@@H](O[C@@H]4O[C@H](CO)[C@@H](O)[C@H](O)[C@H]4O)C[C@H]4[C@@H](C)[C@H](OC)[C@@H](O)[C@H]([C@@]2(C)C1=O)[C@@]34C. The van der Waals surface area contributed by atoms with Crippen LogP contribution in [-0.2, 0) is 28.5 Å². The molecule has 2 saturated carbocycles. The van der Waals surface area contributed by atoms with E-state index in [-0.39, 0.29) is 29.5 Å². The zero-order chi connectivity index (χ0) is 28.6. The first kappa shape index (κ1) is 29.3. The molecular formula is C28H44O11. The number of rotatable bonds is 5. The van der Waals surface area contributed by atoms with Gasteiger partial charge in [0, 0.05) is 30.3 Å². The summed E-state index contributed by atoms with van der Waals surface area (Å²) in [6.45, 7) is 7.55. The van der Waals surface area contributed by atoms with E-state index in [1.165, 1.54) is 7.11 Å². The molecule has 11 nitrogen and oxygen atoms in total. The van der Waals surface area contributed by atoms with Gasteiger partial charge < -0.3 is 49.2 Å². The van der Waals surface area contributed by atoms with Crippen LogP contribution in [0.3, 0.4) is 0 Å². The second-order valence-electron chi connectivity index (χ2n) is 12.7. The van der Waals surface area contributed by atoms with E-state index in [1.807, 2.05) is 26.8 Å². The maximum absolute atomic E-state index is 14.0. The molecule has 0 spiro atoms. The van der Waals surface area contributed by atoms with Crippen molar-refractivity contribution in [1.29, 1.82) is 0 Å². The molecule has 2 aliphatic heterocycles. The number of hydrogen-bond donors (Lipinski definition) is 5. The first-order valence-electron chi connectivity index (χ1n) is 14.0. The average Bonchev–Trinajstić information content (AvgIpc) is 2.90. The Morgan fingerprint density at radius 1 is 0.974 bits per heavy atom. The molecule has 3 aliphatic carbocycles. The standard InChI is InChI=1S/C28H44O11/c1-11-7-15(35-5)25(34)28(4)13(11)8-17-27(3)14(12(2)23(36-6)22(33)24(27)28)9-18(38-17)39-26-21(32)20(31)19(30)16(10-29)37-26/h7,11-14,16-24,26,29-33H,8-10H2,1-6H3/t11-,12-,13+,14+,16-,17-,18+,19-,20+,21-,22-,23+,24+,26+,27-,28+/m1/s1. The van der Waals surface area contributed by atoms with Crippen molar-refractivity contribution in [3.63, 3.8) is 0 Å². The fraction of sp³-hybridized carbons (Fsp3) is 0.893. The monoisotopic (exact) mass is 556 g/mol. The molecule has 39 heavy (non-hydrogen) atoms. The maximum atomic E-state index is 14.0. The summed E-state index contributed by atoms with van der Waals surface area (Å²) < 4.78 is 29.6. The molecular weight excluding hydrogens is 512 g/mol. The number of fused-ring (bicyclic) bond motifs is 2. The lowest BCUT2D eigenvalue weighted by atomic mass is 9.38. The molecule has 2 saturated heterocycles. The first-order chi connectivity index (χ1) is 18.4. The Balaban J connectivity index is 1.52. The number of aliphatic hydroxyl groups excluding tert-OH is 5. The largest absolute Gasteiger partial charge is 0.493 e. The third kappa shape index (κ3) is 4.07. The van der Waals surface area contributed by atoms with Crippen LogP contribution in [0.1, 0.15) is 40.5 Å². The van der Waals surface area contributed by atoms with Gasteiger partial charge in [0.1, 0.15) is 24.4 Å². The van der Waals surface area contributed by atoms with Crippen molar-refractivity contribution in [1.82, 2.24) is 0 Å². The number of ketones is 1. The van der Waals surface area contributed by atoms with Crippen LogP contribution < -0.4 is 0 Å². The quantitative estimate of drug-likeness (QED) is 0.309. The number of methoxy groups -OCH3 is 2. The van der Waals surface area contributed by atoms with Gasteiger partial charge in [-0.1, -0.05) is 27.7 Å². The van der Waals surface area contributed by atoms with Gasteiger partial charge in [-0.3, -0.25) is 4.79 Å². The van der Waals surface area contributed by atoms with E-state index in [0.717, 1.165) is 0 Å². The van der Waals surface area contributed by atoms with E-state index in [4.69, 9.17) is 23.7 Å². The minimum absolute atomic E-state index is 0.0199. The number of hydrogen-bond acceptors (Lipinski definition) is 11. The molecule has 0 bridgehead atoms. The van der Waals surface area contributed by atoms with Gasteiger partial charge in [-0.25, -0.2) is 0 Å². The summed E-state index contributed by atoms with van der Waals surface area (Å²) >= 11 is 0. The lowest BCUT2D eigenvalue weighted by Crippen LogP contribution is -2.74. The highest BCUT2D eigenvalue weighted by molar-refractivity contribution is 5.99. The van der Waals surface area contributed by atoms with Crippen molar-refractivity contribution < 1.29 is 54.0 Å². The second kappa shape index (κ2) is 10.3. The number of Topliss-reactive ketones (excluding diaryl/α,β-unsaturated/α-hetero) is 1. The van der Waals surface area contributed by atoms with Crippen LogP contribution in [0.2, 0.25) is 0 Å². The summed E-state index contributed by atoms with van der Waals surface area (Å²) in [6.07, 6.45) is -6.94. The Hall–Kier alpha value is -1.15. The van der Waals surface area contributed by atoms with Crippen LogP contribution in [0.5, 0.6) is 0 Å². The van der Waals surface area contributed by atoms with Crippen LogP contribution in [0.25, 0.3) is 0 Å². The lowest BCUT2D eigenvalue weighted by molar-refractivity contribution is -0.380. The van der Waals surface area contributed by atoms with Crippen LogP contribution in [0.15, 0.2) is 11.8 Å². The molecule has 0 aromatic heterocycles. The lowest BCUT2D eigenvalue weighted by Gasteiger charge is -2.69. The highest BCUT2D eigenvalue weighted by Gasteiger charge is 2.72. The molecule has 16 atom stereocenters. The van der Waals surface area contributed by atoms with Crippen LogP contribution in [-0.4, -0.2) is 107 Å². The minimum atomic E-state index is -1.56. The van der Waals surface area contributed by atoms with Crippen LogP contribution >= 0.6 is 0 Å². The van der Waals surface area contributed by atoms with Crippen molar-refractivity contribution in [2.75, 3.05) is 20.8 Å². The molecule has 2 heterocycles. The van der Waals surface area contributed by atoms with E-state index in [0.29, 0.717) is 18.6 Å². The van der Waals surface area contributed by atoms with Crippen molar-refractivity contribution in [3.8, 4) is 0 Å². The Morgan fingerprint density at radius 3 is 2.28 bits per heavy atom. The molecule has 0 aromatic rings. The van der Waals surface area contributed by atoms with Gasteiger partial charge in [-0.05, 0) is 36.2 Å². The predicted molar refractivity (Wildman–Crippen MR) is 135 cm³/mol. The average molecular weight is 557 g/mol. The predicted octanol–water partition coefficient (Wildman–Crippen LogP) is -0.0425.